The number of ether oxygens (including phenoxy) is 1. The third-order valence-corrected chi connectivity index (χ3v) is 4.08. The highest BCUT2D eigenvalue weighted by Gasteiger charge is 2.27. The van der Waals surface area contributed by atoms with Crippen LogP contribution in [0, 0.1) is 0 Å². The molecule has 1 amide bonds. The largest absolute Gasteiger partial charge is 0.496 e. The van der Waals surface area contributed by atoms with Crippen LogP contribution in [0.4, 0.5) is 0 Å². The summed E-state index contributed by atoms with van der Waals surface area (Å²) in [7, 11) is 1.62. The van der Waals surface area contributed by atoms with Gasteiger partial charge < -0.3 is 15.4 Å². The molecule has 1 aliphatic carbocycles. The SMILES string of the molecule is COc1ccccc1CC(=O)N(CC(N)=S)C1CCCC1. The monoisotopic (exact) mass is 306 g/mol. The first kappa shape index (κ1) is 15.8. The minimum atomic E-state index is 0.0687. The first-order valence-corrected chi connectivity index (χ1v) is 7.72. The van der Waals surface area contributed by atoms with Crippen LogP contribution in [0.5, 0.6) is 5.75 Å². The summed E-state index contributed by atoms with van der Waals surface area (Å²) in [5.41, 5.74) is 6.56. The number of hydrogen-bond donors (Lipinski definition) is 1. The average Bonchev–Trinajstić information content (AvgIpc) is 2.99. The smallest absolute Gasteiger partial charge is 0.227 e. The Morgan fingerprint density at radius 1 is 1.38 bits per heavy atom. The van der Waals surface area contributed by atoms with Crippen LogP contribution in [0.1, 0.15) is 31.2 Å². The van der Waals surface area contributed by atoms with E-state index in [1.807, 2.05) is 29.2 Å². The van der Waals surface area contributed by atoms with E-state index in [0.29, 0.717) is 18.0 Å². The molecule has 0 bridgehead atoms. The maximum Gasteiger partial charge on any atom is 0.227 e. The van der Waals surface area contributed by atoms with Gasteiger partial charge in [0.1, 0.15) is 5.75 Å². The average molecular weight is 306 g/mol. The molecule has 4 nitrogen and oxygen atoms in total. The van der Waals surface area contributed by atoms with Crippen LogP contribution >= 0.6 is 12.2 Å². The number of thiocarbonyl (C=S) groups is 1. The number of benzene rings is 1. The van der Waals surface area contributed by atoms with Gasteiger partial charge in [-0.2, -0.15) is 0 Å². The van der Waals surface area contributed by atoms with E-state index in [1.165, 1.54) is 12.8 Å². The van der Waals surface area contributed by atoms with Crippen molar-refractivity contribution in [3.05, 3.63) is 29.8 Å². The van der Waals surface area contributed by atoms with Crippen molar-refractivity contribution in [2.45, 2.75) is 38.1 Å². The fraction of sp³-hybridized carbons (Fsp3) is 0.500. The van der Waals surface area contributed by atoms with E-state index in [9.17, 15) is 4.79 Å². The molecule has 0 radical (unpaired) electrons. The van der Waals surface area contributed by atoms with Gasteiger partial charge in [-0.1, -0.05) is 43.3 Å². The summed E-state index contributed by atoms with van der Waals surface area (Å²) in [6.07, 6.45) is 4.74. The number of amides is 1. The summed E-state index contributed by atoms with van der Waals surface area (Å²) in [6.45, 7) is 0.369. The Hall–Kier alpha value is -1.62. The molecule has 0 heterocycles. The molecule has 1 aromatic carbocycles. The Morgan fingerprint density at radius 2 is 2.05 bits per heavy atom. The van der Waals surface area contributed by atoms with Gasteiger partial charge >= 0.3 is 0 Å². The molecule has 0 unspecified atom stereocenters. The van der Waals surface area contributed by atoms with E-state index in [1.54, 1.807) is 7.11 Å². The number of nitrogens with two attached hydrogens (primary N) is 1. The van der Waals surface area contributed by atoms with Crippen molar-refractivity contribution in [3.63, 3.8) is 0 Å². The lowest BCUT2D eigenvalue weighted by atomic mass is 10.1. The maximum absolute atomic E-state index is 12.7. The normalized spacial score (nSPS) is 14.9. The highest BCUT2D eigenvalue weighted by molar-refractivity contribution is 7.80. The number of methoxy groups -OCH3 is 1. The van der Waals surface area contributed by atoms with Crippen molar-refractivity contribution in [2.24, 2.45) is 5.73 Å². The molecular formula is C16H22N2O2S. The summed E-state index contributed by atoms with van der Waals surface area (Å²) in [5, 5.41) is 0. The third-order valence-electron chi connectivity index (χ3n) is 3.95. The fourth-order valence-electron chi connectivity index (χ4n) is 2.92. The Kier molecular flexibility index (Phi) is 5.56. The molecule has 21 heavy (non-hydrogen) atoms. The van der Waals surface area contributed by atoms with Crippen molar-refractivity contribution in [2.75, 3.05) is 13.7 Å². The van der Waals surface area contributed by atoms with Gasteiger partial charge in [-0.15, -0.1) is 0 Å². The lowest BCUT2D eigenvalue weighted by Crippen LogP contribution is -2.44. The molecule has 2 N–H and O–H groups in total. The van der Waals surface area contributed by atoms with Crippen LogP contribution in [-0.4, -0.2) is 35.5 Å². The van der Waals surface area contributed by atoms with Gasteiger partial charge in [-0.3, -0.25) is 4.79 Å². The van der Waals surface area contributed by atoms with Gasteiger partial charge in [-0.05, 0) is 18.9 Å². The molecule has 0 spiro atoms. The zero-order valence-corrected chi connectivity index (χ0v) is 13.2. The van der Waals surface area contributed by atoms with Crippen molar-refractivity contribution in [3.8, 4) is 5.75 Å². The minimum absolute atomic E-state index is 0.0687. The van der Waals surface area contributed by atoms with Crippen LogP contribution in [0.3, 0.4) is 0 Å². The number of carbonyl (C=O) groups excluding carboxylic acids is 1. The molecule has 0 saturated heterocycles. The first-order chi connectivity index (χ1) is 10.1. The summed E-state index contributed by atoms with van der Waals surface area (Å²) < 4.78 is 5.31. The maximum atomic E-state index is 12.7. The van der Waals surface area contributed by atoms with E-state index in [4.69, 9.17) is 22.7 Å². The van der Waals surface area contributed by atoms with Crippen LogP contribution in [0.2, 0.25) is 0 Å². The van der Waals surface area contributed by atoms with Gasteiger partial charge in [0.05, 0.1) is 25.1 Å². The van der Waals surface area contributed by atoms with E-state index < -0.39 is 0 Å². The summed E-state index contributed by atoms with van der Waals surface area (Å²) >= 11 is 5.00. The van der Waals surface area contributed by atoms with E-state index in [2.05, 4.69) is 0 Å². The standard InChI is InChI=1S/C16H22N2O2S/c1-20-14-9-5-2-6-12(14)10-16(19)18(11-15(17)21)13-7-3-4-8-13/h2,5-6,9,13H,3-4,7-8,10-11H2,1H3,(H2,17,21). The number of rotatable bonds is 6. The second-order valence-corrected chi connectivity index (χ2v) is 5.94. The second-order valence-electron chi connectivity index (χ2n) is 5.41. The van der Waals surface area contributed by atoms with Crippen LogP contribution < -0.4 is 10.5 Å². The molecule has 0 aliphatic heterocycles. The summed E-state index contributed by atoms with van der Waals surface area (Å²) in [6, 6.07) is 7.88. The molecule has 1 aromatic rings. The molecule has 1 saturated carbocycles. The molecule has 0 atom stereocenters. The van der Waals surface area contributed by atoms with Gasteiger partial charge in [0.2, 0.25) is 5.91 Å². The highest BCUT2D eigenvalue weighted by atomic mass is 32.1. The molecule has 1 aliphatic rings. The number of hydrogen-bond acceptors (Lipinski definition) is 3. The predicted molar refractivity (Wildman–Crippen MR) is 87.5 cm³/mol. The van der Waals surface area contributed by atoms with Crippen LogP contribution in [0.25, 0.3) is 0 Å². The zero-order chi connectivity index (χ0) is 15.2. The zero-order valence-electron chi connectivity index (χ0n) is 12.4. The highest BCUT2D eigenvalue weighted by Crippen LogP contribution is 2.25. The number of para-hydroxylation sites is 1. The Labute approximate surface area is 131 Å². The fourth-order valence-corrected chi connectivity index (χ4v) is 3.06. The number of nitrogens with zero attached hydrogens (tertiary/aromatic N) is 1. The quantitative estimate of drug-likeness (QED) is 0.819. The molecule has 5 heteroatoms. The Morgan fingerprint density at radius 3 is 2.67 bits per heavy atom. The first-order valence-electron chi connectivity index (χ1n) is 7.31. The topological polar surface area (TPSA) is 55.6 Å². The van der Waals surface area contributed by atoms with Crippen LogP contribution in [0.15, 0.2) is 24.3 Å². The van der Waals surface area contributed by atoms with Gasteiger partial charge in [0, 0.05) is 11.6 Å². The summed E-state index contributed by atoms with van der Waals surface area (Å²) in [5.74, 6) is 0.812. The lowest BCUT2D eigenvalue weighted by molar-refractivity contribution is -0.131. The van der Waals surface area contributed by atoms with E-state index >= 15 is 0 Å². The molecule has 1 fully saturated rings. The predicted octanol–water partition coefficient (Wildman–Crippen LogP) is 2.30. The third kappa shape index (κ3) is 4.17. The van der Waals surface area contributed by atoms with Gasteiger partial charge in [0.25, 0.3) is 0 Å². The molecule has 0 aromatic heterocycles. The van der Waals surface area contributed by atoms with E-state index in [0.717, 1.165) is 24.2 Å². The van der Waals surface area contributed by atoms with E-state index in [-0.39, 0.29) is 11.9 Å². The molecule has 2 rings (SSSR count). The Bertz CT molecular complexity index is 513. The summed E-state index contributed by atoms with van der Waals surface area (Å²) in [4.78, 5) is 14.9. The minimum Gasteiger partial charge on any atom is -0.496 e. The van der Waals surface area contributed by atoms with Gasteiger partial charge in [-0.25, -0.2) is 0 Å². The van der Waals surface area contributed by atoms with Crippen molar-refractivity contribution >= 4 is 23.1 Å². The van der Waals surface area contributed by atoms with Gasteiger partial charge in [0.15, 0.2) is 0 Å². The molecule has 114 valence electrons. The van der Waals surface area contributed by atoms with Crippen molar-refractivity contribution in [1.29, 1.82) is 0 Å². The lowest BCUT2D eigenvalue weighted by Gasteiger charge is -2.29. The van der Waals surface area contributed by atoms with Crippen LogP contribution in [-0.2, 0) is 11.2 Å². The number of carbonyl (C=O) groups is 1. The molecular weight excluding hydrogens is 284 g/mol. The van der Waals surface area contributed by atoms with Crippen molar-refractivity contribution < 1.29 is 9.53 Å². The van der Waals surface area contributed by atoms with Crippen molar-refractivity contribution in [1.82, 2.24) is 4.90 Å². The Balaban J connectivity index is 2.12. The second kappa shape index (κ2) is 7.41.